The maximum atomic E-state index is 12.7. The largest absolute Gasteiger partial charge is 0.479 e. The molecule has 224 valence electrons. The lowest BCUT2D eigenvalue weighted by Gasteiger charge is -2.31. The smallest absolute Gasteiger partial charge is 0.257 e. The van der Waals surface area contributed by atoms with Gasteiger partial charge in [0.2, 0.25) is 5.91 Å². The van der Waals surface area contributed by atoms with E-state index in [1.807, 2.05) is 26.8 Å². The molecule has 0 spiro atoms. The van der Waals surface area contributed by atoms with E-state index in [0.717, 1.165) is 11.8 Å². The summed E-state index contributed by atoms with van der Waals surface area (Å²) in [6.07, 6.45) is 5.68. The normalized spacial score (nSPS) is 14.6. The number of methoxy groups -OCH3 is 1. The van der Waals surface area contributed by atoms with Crippen LogP contribution in [0, 0.1) is 0 Å². The Morgan fingerprint density at radius 1 is 1.07 bits per heavy atom. The lowest BCUT2D eigenvalue weighted by Crippen LogP contribution is -2.39. The molecule has 2 N–H and O–H groups in total. The van der Waals surface area contributed by atoms with E-state index in [0.29, 0.717) is 46.3 Å². The number of ether oxygens (including phenoxy) is 3. The van der Waals surface area contributed by atoms with Crippen molar-refractivity contribution < 1.29 is 27.4 Å². The van der Waals surface area contributed by atoms with Gasteiger partial charge in [0, 0.05) is 56.1 Å². The third-order valence-electron chi connectivity index (χ3n) is 6.65. The average molecular weight is 605 g/mol. The maximum Gasteiger partial charge on any atom is 0.257 e. The second-order valence-electron chi connectivity index (χ2n) is 10.8. The summed E-state index contributed by atoms with van der Waals surface area (Å²) in [5.41, 5.74) is 3.12. The molecule has 1 amide bonds. The number of amides is 1. The molecule has 5 rings (SSSR count). The van der Waals surface area contributed by atoms with Crippen molar-refractivity contribution in [3.05, 3.63) is 60.6 Å². The van der Waals surface area contributed by atoms with Gasteiger partial charge in [0.15, 0.2) is 20.6 Å². The van der Waals surface area contributed by atoms with Crippen LogP contribution >= 0.6 is 0 Å². The number of carbonyl (C=O) groups is 1. The van der Waals surface area contributed by atoms with Crippen LogP contribution in [0.4, 0.5) is 17.3 Å². The number of rotatable bonds is 8. The standard InChI is InChI=1S/C30H32N6O6S/c1-17(40-5)20-9-10-31-14-21(20)19-11-27(36-28(12-19)43(6,38)39)34-24-13-26(33-18(2)37)32-15-22(24)23-7-8-25-29(35-23)41-16-30(3,4)42-25/h7-15,17H,16H2,1-6H3,(H2,32,33,34,36,37). The summed E-state index contributed by atoms with van der Waals surface area (Å²) in [5.74, 6) is 1.06. The predicted molar refractivity (Wildman–Crippen MR) is 161 cm³/mol. The van der Waals surface area contributed by atoms with E-state index in [9.17, 15) is 13.2 Å². The number of nitrogens with one attached hydrogen (secondary N) is 2. The lowest BCUT2D eigenvalue weighted by molar-refractivity contribution is -0.114. The molecule has 1 atom stereocenters. The highest BCUT2D eigenvalue weighted by Gasteiger charge is 2.29. The number of fused-ring (bicyclic) bond motifs is 1. The Balaban J connectivity index is 1.63. The van der Waals surface area contributed by atoms with E-state index in [4.69, 9.17) is 14.2 Å². The number of hydrogen-bond donors (Lipinski definition) is 2. The summed E-state index contributed by atoms with van der Waals surface area (Å²) in [6, 6.07) is 10.2. The molecule has 43 heavy (non-hydrogen) atoms. The van der Waals surface area contributed by atoms with Gasteiger partial charge < -0.3 is 24.8 Å². The van der Waals surface area contributed by atoms with E-state index in [1.165, 1.54) is 13.0 Å². The summed E-state index contributed by atoms with van der Waals surface area (Å²) in [7, 11) is -2.11. The predicted octanol–water partition coefficient (Wildman–Crippen LogP) is 4.96. The summed E-state index contributed by atoms with van der Waals surface area (Å²) < 4.78 is 42.8. The number of carbonyl (C=O) groups excluding carboxylic acids is 1. The van der Waals surface area contributed by atoms with E-state index in [1.54, 1.807) is 50.0 Å². The van der Waals surface area contributed by atoms with Crippen molar-refractivity contribution in [2.24, 2.45) is 0 Å². The van der Waals surface area contributed by atoms with Crippen LogP contribution in [0.1, 0.15) is 39.4 Å². The highest BCUT2D eigenvalue weighted by Crippen LogP contribution is 2.39. The Labute approximate surface area is 249 Å². The van der Waals surface area contributed by atoms with Crippen molar-refractivity contribution in [2.45, 2.75) is 44.4 Å². The second kappa shape index (κ2) is 11.6. The Hall–Kier alpha value is -4.62. The zero-order valence-electron chi connectivity index (χ0n) is 24.6. The Morgan fingerprint density at radius 3 is 2.58 bits per heavy atom. The van der Waals surface area contributed by atoms with Gasteiger partial charge in [-0.15, -0.1) is 0 Å². The van der Waals surface area contributed by atoms with E-state index >= 15 is 0 Å². The molecule has 0 saturated carbocycles. The quantitative estimate of drug-likeness (QED) is 0.280. The van der Waals surface area contributed by atoms with Gasteiger partial charge in [-0.1, -0.05) is 0 Å². The number of anilines is 3. The molecule has 5 heterocycles. The summed E-state index contributed by atoms with van der Waals surface area (Å²) in [4.78, 5) is 29.5. The van der Waals surface area contributed by atoms with E-state index in [2.05, 4.69) is 30.6 Å². The Bertz CT molecular complexity index is 1810. The van der Waals surface area contributed by atoms with Crippen molar-refractivity contribution in [3.63, 3.8) is 0 Å². The minimum Gasteiger partial charge on any atom is -0.479 e. The van der Waals surface area contributed by atoms with Gasteiger partial charge in [-0.25, -0.2) is 23.4 Å². The highest BCUT2D eigenvalue weighted by molar-refractivity contribution is 7.90. The molecular formula is C30H32N6O6S. The minimum atomic E-state index is -3.71. The van der Waals surface area contributed by atoms with Crippen LogP contribution in [0.2, 0.25) is 0 Å². The molecule has 12 nitrogen and oxygen atoms in total. The molecule has 0 aromatic carbocycles. The molecule has 0 saturated heterocycles. The SMILES string of the molecule is COC(C)c1ccncc1-c1cc(Nc2cc(NC(C)=O)ncc2-c2ccc3c(n2)OCC(C)(C)O3)nc(S(C)(=O)=O)c1. The van der Waals surface area contributed by atoms with Gasteiger partial charge in [0.25, 0.3) is 5.88 Å². The summed E-state index contributed by atoms with van der Waals surface area (Å²) in [5, 5.41) is 5.77. The van der Waals surface area contributed by atoms with Gasteiger partial charge >= 0.3 is 0 Å². The third kappa shape index (κ3) is 6.73. The van der Waals surface area contributed by atoms with Crippen LogP contribution in [0.3, 0.4) is 0 Å². The lowest BCUT2D eigenvalue weighted by atomic mass is 9.99. The van der Waals surface area contributed by atoms with Crippen LogP contribution in [0.25, 0.3) is 22.4 Å². The van der Waals surface area contributed by atoms with Crippen LogP contribution in [0.15, 0.2) is 60.0 Å². The monoisotopic (exact) mass is 604 g/mol. The molecule has 0 aliphatic carbocycles. The van der Waals surface area contributed by atoms with Gasteiger partial charge in [-0.2, -0.15) is 0 Å². The van der Waals surface area contributed by atoms with Crippen LogP contribution < -0.4 is 20.1 Å². The van der Waals surface area contributed by atoms with Crippen molar-refractivity contribution in [3.8, 4) is 34.0 Å². The number of aromatic nitrogens is 4. The molecule has 1 aliphatic heterocycles. The van der Waals surface area contributed by atoms with Gasteiger partial charge in [0.05, 0.1) is 17.5 Å². The third-order valence-corrected chi connectivity index (χ3v) is 7.62. The number of hydrogen-bond acceptors (Lipinski definition) is 11. The van der Waals surface area contributed by atoms with Gasteiger partial charge in [-0.05, 0) is 62.2 Å². The molecule has 0 radical (unpaired) electrons. The van der Waals surface area contributed by atoms with Gasteiger partial charge in [0.1, 0.15) is 23.8 Å². The van der Waals surface area contributed by atoms with E-state index in [-0.39, 0.29) is 28.7 Å². The average Bonchev–Trinajstić information content (AvgIpc) is 2.95. The summed E-state index contributed by atoms with van der Waals surface area (Å²) >= 11 is 0. The first-order valence-corrected chi connectivity index (χ1v) is 15.3. The summed E-state index contributed by atoms with van der Waals surface area (Å²) in [6.45, 7) is 7.44. The zero-order chi connectivity index (χ0) is 30.9. The number of sulfone groups is 1. The van der Waals surface area contributed by atoms with Crippen LogP contribution in [0.5, 0.6) is 11.6 Å². The molecule has 1 aliphatic rings. The molecule has 13 heteroatoms. The zero-order valence-corrected chi connectivity index (χ0v) is 25.4. The van der Waals surface area contributed by atoms with Gasteiger partial charge in [-0.3, -0.25) is 9.78 Å². The van der Waals surface area contributed by atoms with Crippen molar-refractivity contribution in [2.75, 3.05) is 30.6 Å². The Morgan fingerprint density at radius 2 is 1.86 bits per heavy atom. The van der Waals surface area contributed by atoms with Crippen LogP contribution in [-0.4, -0.2) is 59.8 Å². The molecule has 4 aromatic rings. The second-order valence-corrected chi connectivity index (χ2v) is 12.7. The molecule has 0 bridgehead atoms. The number of pyridine rings is 4. The fourth-order valence-electron chi connectivity index (χ4n) is 4.52. The minimum absolute atomic E-state index is 0.134. The first kappa shape index (κ1) is 29.9. The molecular weight excluding hydrogens is 572 g/mol. The molecule has 4 aromatic heterocycles. The van der Waals surface area contributed by atoms with E-state index < -0.39 is 15.4 Å². The first-order chi connectivity index (χ1) is 20.3. The van der Waals surface area contributed by atoms with Crippen molar-refractivity contribution >= 4 is 33.1 Å². The first-order valence-electron chi connectivity index (χ1n) is 13.4. The fourth-order valence-corrected chi connectivity index (χ4v) is 5.13. The van der Waals surface area contributed by atoms with Crippen molar-refractivity contribution in [1.82, 2.24) is 19.9 Å². The number of nitrogens with zero attached hydrogens (tertiary/aromatic N) is 4. The molecule has 1 unspecified atom stereocenters. The topological polar surface area (TPSA) is 155 Å². The fraction of sp³-hybridized carbons (Fsp3) is 0.300. The maximum absolute atomic E-state index is 12.7. The highest BCUT2D eigenvalue weighted by atomic mass is 32.2. The van der Waals surface area contributed by atoms with Crippen LogP contribution in [-0.2, 0) is 19.4 Å². The molecule has 0 fully saturated rings. The Kier molecular flexibility index (Phi) is 8.04. The van der Waals surface area contributed by atoms with Crippen molar-refractivity contribution in [1.29, 1.82) is 0 Å².